The third kappa shape index (κ3) is 6.13. The number of rotatable bonds is 9. The van der Waals surface area contributed by atoms with Gasteiger partial charge in [-0.1, -0.05) is 0 Å². The molecule has 2 heterocycles. The van der Waals surface area contributed by atoms with Crippen molar-refractivity contribution in [1.82, 2.24) is 10.3 Å². The molecule has 0 bridgehead atoms. The quantitative estimate of drug-likeness (QED) is 0.677. The maximum Gasteiger partial charge on any atom is 0.293 e. The molecular formula is C16H21N3O4S. The van der Waals surface area contributed by atoms with E-state index in [2.05, 4.69) is 15.6 Å². The molecule has 2 N–H and O–H groups in total. The van der Waals surface area contributed by atoms with Crippen LogP contribution in [0, 0.1) is 0 Å². The van der Waals surface area contributed by atoms with Crippen molar-refractivity contribution in [3.8, 4) is 0 Å². The third-order valence-electron chi connectivity index (χ3n) is 2.95. The van der Waals surface area contributed by atoms with Crippen molar-refractivity contribution in [3.05, 3.63) is 35.2 Å². The second-order valence-electron chi connectivity index (χ2n) is 5.38. The Morgan fingerprint density at radius 2 is 2.25 bits per heavy atom. The summed E-state index contributed by atoms with van der Waals surface area (Å²) < 4.78 is 10.4. The number of carbonyl (C=O) groups is 2. The van der Waals surface area contributed by atoms with Gasteiger partial charge in [-0.3, -0.25) is 14.9 Å². The van der Waals surface area contributed by atoms with E-state index in [1.807, 2.05) is 13.8 Å². The van der Waals surface area contributed by atoms with Crippen LogP contribution in [-0.4, -0.2) is 36.1 Å². The first-order chi connectivity index (χ1) is 11.5. The van der Waals surface area contributed by atoms with Crippen molar-refractivity contribution in [1.29, 1.82) is 0 Å². The smallest absolute Gasteiger partial charge is 0.293 e. The van der Waals surface area contributed by atoms with Crippen LogP contribution >= 0.6 is 11.3 Å². The lowest BCUT2D eigenvalue weighted by atomic mass is 10.3. The summed E-state index contributed by atoms with van der Waals surface area (Å²) in [6, 6.07) is 3.21. The highest BCUT2D eigenvalue weighted by atomic mass is 32.1. The van der Waals surface area contributed by atoms with Crippen molar-refractivity contribution in [2.75, 3.05) is 18.5 Å². The predicted molar refractivity (Wildman–Crippen MR) is 91.2 cm³/mol. The molecule has 0 aliphatic rings. The van der Waals surface area contributed by atoms with Gasteiger partial charge < -0.3 is 14.5 Å². The van der Waals surface area contributed by atoms with Crippen molar-refractivity contribution < 1.29 is 18.7 Å². The van der Waals surface area contributed by atoms with Crippen LogP contribution in [0.3, 0.4) is 0 Å². The first-order valence-corrected chi connectivity index (χ1v) is 8.60. The summed E-state index contributed by atoms with van der Waals surface area (Å²) in [4.78, 5) is 27.9. The molecule has 130 valence electrons. The molecule has 24 heavy (non-hydrogen) atoms. The Morgan fingerprint density at radius 1 is 1.42 bits per heavy atom. The van der Waals surface area contributed by atoms with Crippen LogP contribution in [-0.2, 0) is 16.0 Å². The molecule has 2 aromatic heterocycles. The Morgan fingerprint density at radius 3 is 2.96 bits per heavy atom. The van der Waals surface area contributed by atoms with Crippen molar-refractivity contribution in [2.45, 2.75) is 32.8 Å². The van der Waals surface area contributed by atoms with E-state index in [9.17, 15) is 9.59 Å². The SMILES string of the molecule is CC(C)OCCCNC(=O)Cc1csc(NC(=O)c2ccco2)n1. The van der Waals surface area contributed by atoms with Gasteiger partial charge in [-0.05, 0) is 32.4 Å². The van der Waals surface area contributed by atoms with Gasteiger partial charge in [0.15, 0.2) is 10.9 Å². The lowest BCUT2D eigenvalue weighted by Gasteiger charge is -2.07. The fraction of sp³-hybridized carbons (Fsp3) is 0.438. The van der Waals surface area contributed by atoms with E-state index < -0.39 is 0 Å². The molecule has 0 spiro atoms. The summed E-state index contributed by atoms with van der Waals surface area (Å²) in [7, 11) is 0. The summed E-state index contributed by atoms with van der Waals surface area (Å²) >= 11 is 1.27. The largest absolute Gasteiger partial charge is 0.459 e. The molecule has 2 aromatic rings. The van der Waals surface area contributed by atoms with E-state index in [-0.39, 0.29) is 30.1 Å². The topological polar surface area (TPSA) is 93.5 Å². The second kappa shape index (κ2) is 9.19. The van der Waals surface area contributed by atoms with E-state index in [1.54, 1.807) is 17.5 Å². The number of nitrogens with one attached hydrogen (secondary N) is 2. The molecule has 0 saturated carbocycles. The average molecular weight is 351 g/mol. The van der Waals surface area contributed by atoms with Crippen LogP contribution in [0.5, 0.6) is 0 Å². The average Bonchev–Trinajstić information content (AvgIpc) is 3.18. The molecule has 0 fully saturated rings. The highest BCUT2D eigenvalue weighted by Gasteiger charge is 2.12. The number of ether oxygens (including phenoxy) is 1. The number of hydrogen-bond acceptors (Lipinski definition) is 6. The second-order valence-corrected chi connectivity index (χ2v) is 6.23. The zero-order valence-electron chi connectivity index (χ0n) is 13.7. The van der Waals surface area contributed by atoms with Gasteiger partial charge in [-0.25, -0.2) is 4.98 Å². The minimum absolute atomic E-state index is 0.103. The molecule has 2 rings (SSSR count). The molecule has 7 nitrogen and oxygen atoms in total. The molecule has 8 heteroatoms. The van der Waals surface area contributed by atoms with E-state index in [0.29, 0.717) is 24.0 Å². The first-order valence-electron chi connectivity index (χ1n) is 7.72. The number of furan rings is 1. The Labute approximate surface area is 144 Å². The molecule has 0 unspecified atom stereocenters. The molecule has 0 aliphatic heterocycles. The predicted octanol–water partition coefficient (Wildman–Crippen LogP) is 2.46. The number of anilines is 1. The molecule has 0 radical (unpaired) electrons. The number of thiazole rings is 1. The monoisotopic (exact) mass is 351 g/mol. The molecule has 0 saturated heterocycles. The lowest BCUT2D eigenvalue weighted by Crippen LogP contribution is -2.27. The van der Waals surface area contributed by atoms with Crippen molar-refractivity contribution >= 4 is 28.3 Å². The summed E-state index contributed by atoms with van der Waals surface area (Å²) in [5, 5.41) is 7.64. The van der Waals surface area contributed by atoms with Gasteiger partial charge in [-0.2, -0.15) is 0 Å². The van der Waals surface area contributed by atoms with E-state index in [0.717, 1.165) is 6.42 Å². The number of amides is 2. The summed E-state index contributed by atoms with van der Waals surface area (Å²) in [5.41, 5.74) is 0.616. The summed E-state index contributed by atoms with van der Waals surface area (Å²) in [6.45, 7) is 5.14. The Kier molecular flexibility index (Phi) is 6.95. The summed E-state index contributed by atoms with van der Waals surface area (Å²) in [6.07, 6.45) is 2.58. The normalized spacial score (nSPS) is 10.8. The number of carbonyl (C=O) groups excluding carboxylic acids is 2. The minimum Gasteiger partial charge on any atom is -0.459 e. The van der Waals surface area contributed by atoms with Gasteiger partial charge >= 0.3 is 0 Å². The van der Waals surface area contributed by atoms with E-state index >= 15 is 0 Å². The van der Waals surface area contributed by atoms with Crippen LogP contribution in [0.25, 0.3) is 0 Å². The molecular weight excluding hydrogens is 330 g/mol. The van der Waals surface area contributed by atoms with Gasteiger partial charge in [0, 0.05) is 18.5 Å². The van der Waals surface area contributed by atoms with Gasteiger partial charge in [0.25, 0.3) is 5.91 Å². The molecule has 2 amide bonds. The fourth-order valence-corrected chi connectivity index (χ4v) is 2.56. The van der Waals surface area contributed by atoms with Crippen LogP contribution in [0.2, 0.25) is 0 Å². The van der Waals surface area contributed by atoms with Gasteiger partial charge in [0.05, 0.1) is 24.5 Å². The minimum atomic E-state index is -0.365. The number of hydrogen-bond donors (Lipinski definition) is 2. The third-order valence-corrected chi connectivity index (χ3v) is 3.76. The zero-order chi connectivity index (χ0) is 17.4. The van der Waals surface area contributed by atoms with Crippen LogP contribution < -0.4 is 10.6 Å². The van der Waals surface area contributed by atoms with Gasteiger partial charge in [0.1, 0.15) is 0 Å². The summed E-state index contributed by atoms with van der Waals surface area (Å²) in [5.74, 6) is -0.252. The Balaban J connectivity index is 1.71. The standard InChI is InChI=1S/C16H21N3O4S/c1-11(2)22-8-4-6-17-14(20)9-12-10-24-16(18-12)19-15(21)13-5-3-7-23-13/h3,5,7,10-11H,4,6,8-9H2,1-2H3,(H,17,20)(H,18,19,21). The van der Waals surface area contributed by atoms with E-state index in [4.69, 9.17) is 9.15 Å². The Bertz CT molecular complexity index is 652. The maximum atomic E-state index is 11.8. The fourth-order valence-electron chi connectivity index (χ4n) is 1.86. The lowest BCUT2D eigenvalue weighted by molar-refractivity contribution is -0.120. The van der Waals surface area contributed by atoms with Crippen LogP contribution in [0.4, 0.5) is 5.13 Å². The highest BCUT2D eigenvalue weighted by Crippen LogP contribution is 2.17. The molecule has 0 aromatic carbocycles. The molecule has 0 aliphatic carbocycles. The first kappa shape index (κ1) is 18.2. The van der Waals surface area contributed by atoms with E-state index in [1.165, 1.54) is 17.6 Å². The van der Waals surface area contributed by atoms with Crippen LogP contribution in [0.1, 0.15) is 36.5 Å². The number of aromatic nitrogens is 1. The van der Waals surface area contributed by atoms with Crippen molar-refractivity contribution in [2.24, 2.45) is 0 Å². The zero-order valence-corrected chi connectivity index (χ0v) is 14.5. The maximum absolute atomic E-state index is 11.8. The van der Waals surface area contributed by atoms with Gasteiger partial charge in [-0.15, -0.1) is 11.3 Å². The highest BCUT2D eigenvalue weighted by molar-refractivity contribution is 7.14. The van der Waals surface area contributed by atoms with Gasteiger partial charge in [0.2, 0.25) is 5.91 Å². The Hall–Kier alpha value is -2.19. The molecule has 0 atom stereocenters. The van der Waals surface area contributed by atoms with Crippen molar-refractivity contribution in [3.63, 3.8) is 0 Å². The van der Waals surface area contributed by atoms with Crippen LogP contribution in [0.15, 0.2) is 28.2 Å². The number of nitrogens with zero attached hydrogens (tertiary/aromatic N) is 1.